The zero-order valence-electron chi connectivity index (χ0n) is 16.3. The summed E-state index contributed by atoms with van der Waals surface area (Å²) in [6, 6.07) is 5.69. The van der Waals surface area contributed by atoms with E-state index in [2.05, 4.69) is 4.98 Å². The Hall–Kier alpha value is -3.23. The maximum Gasteiger partial charge on any atom is 0.419 e. The molecule has 0 unspecified atom stereocenters. The summed E-state index contributed by atoms with van der Waals surface area (Å²) >= 11 is 0. The van der Waals surface area contributed by atoms with Crippen LogP contribution in [-0.2, 0) is 11.3 Å². The summed E-state index contributed by atoms with van der Waals surface area (Å²) in [5.41, 5.74) is 1.74. The van der Waals surface area contributed by atoms with Crippen molar-refractivity contribution in [3.8, 4) is 0 Å². The molecule has 3 rings (SSSR count). The molecule has 1 aromatic heterocycles. The lowest BCUT2D eigenvalue weighted by molar-refractivity contribution is 0.136. The van der Waals surface area contributed by atoms with Gasteiger partial charge in [0, 0.05) is 18.3 Å². The van der Waals surface area contributed by atoms with Crippen molar-refractivity contribution in [3.63, 3.8) is 0 Å². The molecule has 0 aliphatic rings. The number of aromatic nitrogens is 2. The lowest BCUT2D eigenvalue weighted by Crippen LogP contribution is -2.19. The number of imidazole rings is 1. The molecule has 0 bridgehead atoms. The molecule has 0 N–H and O–H groups in total. The molecular weight excluding hydrogens is 407 g/mol. The highest BCUT2D eigenvalue weighted by molar-refractivity contribution is 5.71. The van der Waals surface area contributed by atoms with Crippen molar-refractivity contribution >= 4 is 6.09 Å². The van der Waals surface area contributed by atoms with E-state index < -0.39 is 47.3 Å². The first kappa shape index (κ1) is 21.5. The summed E-state index contributed by atoms with van der Waals surface area (Å²) < 4.78 is 73.1. The van der Waals surface area contributed by atoms with E-state index in [0.717, 1.165) is 21.3 Å². The second-order valence-corrected chi connectivity index (χ2v) is 6.77. The van der Waals surface area contributed by atoms with E-state index in [4.69, 9.17) is 4.74 Å². The van der Waals surface area contributed by atoms with Crippen LogP contribution in [0.25, 0.3) is 0 Å². The fourth-order valence-electron chi connectivity index (χ4n) is 3.15. The average Bonchev–Trinajstić information content (AvgIpc) is 3.22. The van der Waals surface area contributed by atoms with Crippen LogP contribution in [0.3, 0.4) is 0 Å². The fourth-order valence-corrected chi connectivity index (χ4v) is 3.15. The molecular formula is C21H17F5N2O2. The monoisotopic (exact) mass is 424 g/mol. The molecule has 0 fully saturated rings. The van der Waals surface area contributed by atoms with Crippen LogP contribution in [0.2, 0.25) is 0 Å². The molecule has 0 aliphatic heterocycles. The Kier molecular flexibility index (Phi) is 5.91. The third-order valence-corrected chi connectivity index (χ3v) is 5.01. The summed E-state index contributed by atoms with van der Waals surface area (Å²) in [5, 5.41) is 0. The Balaban J connectivity index is 1.86. The lowest BCUT2D eigenvalue weighted by atomic mass is 9.93. The fraction of sp³-hybridized carbons (Fsp3) is 0.238. The number of rotatable bonds is 4. The molecule has 4 nitrogen and oxygen atoms in total. The lowest BCUT2D eigenvalue weighted by Gasteiger charge is -2.17. The number of nitrogens with zero attached hydrogens (tertiary/aromatic N) is 2. The number of aryl methyl sites for hydroxylation is 1. The van der Waals surface area contributed by atoms with Crippen LogP contribution in [-0.4, -0.2) is 15.6 Å². The second-order valence-electron chi connectivity index (χ2n) is 6.77. The minimum atomic E-state index is -2.28. The third-order valence-electron chi connectivity index (χ3n) is 5.01. The topological polar surface area (TPSA) is 44.1 Å². The van der Waals surface area contributed by atoms with E-state index in [1.165, 1.54) is 12.4 Å². The summed E-state index contributed by atoms with van der Waals surface area (Å²) in [6.07, 6.45) is 1.57. The van der Waals surface area contributed by atoms with Gasteiger partial charge in [-0.25, -0.2) is 36.3 Å². The van der Waals surface area contributed by atoms with Crippen LogP contribution in [0.15, 0.2) is 30.6 Å². The van der Waals surface area contributed by atoms with Gasteiger partial charge in [0.15, 0.2) is 23.3 Å². The minimum absolute atomic E-state index is 0.297. The Morgan fingerprint density at radius 3 is 2.27 bits per heavy atom. The Bertz CT molecular complexity index is 1100. The summed E-state index contributed by atoms with van der Waals surface area (Å²) in [7, 11) is 0. The van der Waals surface area contributed by atoms with Crippen LogP contribution < -0.4 is 0 Å². The highest BCUT2D eigenvalue weighted by Crippen LogP contribution is 2.28. The number of benzene rings is 2. The van der Waals surface area contributed by atoms with Gasteiger partial charge in [0.2, 0.25) is 5.82 Å². The Labute approximate surface area is 168 Å². The molecule has 0 amide bonds. The van der Waals surface area contributed by atoms with E-state index in [1.807, 2.05) is 39.0 Å². The van der Waals surface area contributed by atoms with Crippen LogP contribution in [0.5, 0.6) is 0 Å². The third kappa shape index (κ3) is 3.67. The zero-order valence-corrected chi connectivity index (χ0v) is 16.3. The number of carbonyl (C=O) groups is 1. The smallest absolute Gasteiger partial charge is 0.419 e. The molecule has 0 spiro atoms. The molecule has 0 radical (unpaired) electrons. The van der Waals surface area contributed by atoms with Gasteiger partial charge in [-0.15, -0.1) is 0 Å². The van der Waals surface area contributed by atoms with Crippen molar-refractivity contribution in [3.05, 3.63) is 87.8 Å². The van der Waals surface area contributed by atoms with Gasteiger partial charge in [0.05, 0.1) is 5.56 Å². The average molecular weight is 424 g/mol. The van der Waals surface area contributed by atoms with Crippen molar-refractivity contribution in [1.82, 2.24) is 9.55 Å². The Morgan fingerprint density at radius 1 is 1.03 bits per heavy atom. The molecule has 1 heterocycles. The van der Waals surface area contributed by atoms with Crippen LogP contribution in [0.1, 0.15) is 40.9 Å². The van der Waals surface area contributed by atoms with Gasteiger partial charge < -0.3 is 4.74 Å². The standard InChI is InChI=1S/C21H17F5N2O2/c1-10-5-4-6-13(11(10)2)12(3)20-27-7-8-28(20)21(29)30-9-14-15(22)17(24)19(26)18(25)16(14)23/h4-8,12H,9H2,1-3H3/t12-/m0/s1. The molecule has 30 heavy (non-hydrogen) atoms. The van der Waals surface area contributed by atoms with Gasteiger partial charge in [-0.1, -0.05) is 25.1 Å². The van der Waals surface area contributed by atoms with Crippen molar-refractivity contribution in [1.29, 1.82) is 0 Å². The summed E-state index contributed by atoms with van der Waals surface area (Å²) in [6.45, 7) is 4.55. The first-order valence-corrected chi connectivity index (χ1v) is 8.91. The second kappa shape index (κ2) is 8.25. The van der Waals surface area contributed by atoms with Crippen molar-refractivity contribution in [2.45, 2.75) is 33.3 Å². The van der Waals surface area contributed by atoms with Gasteiger partial charge in [-0.2, -0.15) is 0 Å². The van der Waals surface area contributed by atoms with E-state index in [0.29, 0.717) is 5.82 Å². The van der Waals surface area contributed by atoms with Gasteiger partial charge >= 0.3 is 6.09 Å². The quantitative estimate of drug-likeness (QED) is 0.314. The van der Waals surface area contributed by atoms with E-state index >= 15 is 0 Å². The van der Waals surface area contributed by atoms with Crippen molar-refractivity contribution < 1.29 is 31.5 Å². The number of hydrogen-bond acceptors (Lipinski definition) is 3. The predicted octanol–water partition coefficient (Wildman–Crippen LogP) is 5.53. The van der Waals surface area contributed by atoms with Crippen LogP contribution >= 0.6 is 0 Å². The van der Waals surface area contributed by atoms with Gasteiger partial charge in [0.1, 0.15) is 12.4 Å². The van der Waals surface area contributed by atoms with Gasteiger partial charge in [-0.3, -0.25) is 0 Å². The number of carbonyl (C=O) groups excluding carboxylic acids is 1. The SMILES string of the molecule is Cc1cccc([C@H](C)c2nccn2C(=O)OCc2c(F)c(F)c(F)c(F)c2F)c1C. The van der Waals surface area contributed by atoms with Crippen LogP contribution in [0, 0.1) is 42.9 Å². The number of ether oxygens (including phenoxy) is 1. The van der Waals surface area contributed by atoms with Crippen LogP contribution in [0.4, 0.5) is 26.7 Å². The molecule has 0 saturated heterocycles. The normalized spacial score (nSPS) is 12.1. The zero-order chi connectivity index (χ0) is 22.2. The number of hydrogen-bond donors (Lipinski definition) is 0. The largest absolute Gasteiger partial charge is 0.444 e. The van der Waals surface area contributed by atoms with E-state index in [-0.39, 0.29) is 5.92 Å². The van der Waals surface area contributed by atoms with E-state index in [1.54, 1.807) is 0 Å². The number of halogens is 5. The first-order valence-electron chi connectivity index (χ1n) is 8.91. The first-order chi connectivity index (χ1) is 14.1. The molecule has 0 saturated carbocycles. The minimum Gasteiger partial charge on any atom is -0.444 e. The molecule has 3 aromatic rings. The molecule has 0 aliphatic carbocycles. The Morgan fingerprint density at radius 2 is 1.63 bits per heavy atom. The summed E-state index contributed by atoms with van der Waals surface area (Å²) in [5.74, 6) is -10.6. The van der Waals surface area contributed by atoms with Crippen molar-refractivity contribution in [2.75, 3.05) is 0 Å². The molecule has 158 valence electrons. The van der Waals surface area contributed by atoms with E-state index in [9.17, 15) is 26.7 Å². The van der Waals surface area contributed by atoms with Gasteiger partial charge in [0.25, 0.3) is 0 Å². The maximum atomic E-state index is 13.8. The maximum absolute atomic E-state index is 13.8. The highest BCUT2D eigenvalue weighted by Gasteiger charge is 2.27. The molecule has 9 heteroatoms. The van der Waals surface area contributed by atoms with Gasteiger partial charge in [-0.05, 0) is 30.5 Å². The van der Waals surface area contributed by atoms with Crippen molar-refractivity contribution in [2.24, 2.45) is 0 Å². The summed E-state index contributed by atoms with van der Waals surface area (Å²) in [4.78, 5) is 16.6. The highest BCUT2D eigenvalue weighted by atomic mass is 19.2. The molecule has 2 aromatic carbocycles. The molecule has 1 atom stereocenters. The predicted molar refractivity (Wildman–Crippen MR) is 97.5 cm³/mol.